The summed E-state index contributed by atoms with van der Waals surface area (Å²) in [6, 6.07) is 9.65. The molecule has 2 unspecified atom stereocenters. The molecule has 1 aromatic heterocycles. The molecule has 1 amide bonds. The zero-order valence-corrected chi connectivity index (χ0v) is 22.6. The quantitative estimate of drug-likeness (QED) is 0.273. The Hall–Kier alpha value is -2.39. The number of hydrogen-bond acceptors (Lipinski definition) is 13. The van der Waals surface area contributed by atoms with Gasteiger partial charge in [0.2, 0.25) is 0 Å². The molecule has 212 valence electrons. The lowest BCUT2D eigenvalue weighted by Crippen LogP contribution is -2.32. The van der Waals surface area contributed by atoms with E-state index in [1.165, 1.54) is 19.4 Å². The molecule has 0 radical (unpaired) electrons. The van der Waals surface area contributed by atoms with Crippen LogP contribution in [0, 0.1) is 0 Å². The Labute approximate surface area is 221 Å². The fourth-order valence-corrected chi connectivity index (χ4v) is 7.67. The number of benzene rings is 1. The summed E-state index contributed by atoms with van der Waals surface area (Å²) in [5.41, 5.74) is -0.433. The number of methoxy groups -OCH3 is 1. The average molecular weight is 609 g/mol. The number of hydrogen-bond donors (Lipinski definition) is 3. The highest BCUT2D eigenvalue weighted by atomic mass is 31.3. The molecule has 2 saturated heterocycles. The van der Waals surface area contributed by atoms with Gasteiger partial charge < -0.3 is 33.8 Å². The first kappa shape index (κ1) is 29.6. The molecule has 1 aromatic carbocycles. The van der Waals surface area contributed by atoms with Crippen LogP contribution in [0.5, 0.6) is 0 Å². The largest absolute Gasteiger partial charge is 0.488 e. The van der Waals surface area contributed by atoms with Gasteiger partial charge in [-0.1, -0.05) is 18.2 Å². The fourth-order valence-electron chi connectivity index (χ4n) is 3.47. The molecule has 20 heteroatoms. The van der Waals surface area contributed by atoms with Gasteiger partial charge in [-0.15, -0.1) is 0 Å². The normalized spacial score (nSPS) is 30.5. The highest BCUT2D eigenvalue weighted by Crippen LogP contribution is 2.76. The van der Waals surface area contributed by atoms with Crippen molar-refractivity contribution in [3.63, 3.8) is 0 Å². The van der Waals surface area contributed by atoms with Gasteiger partial charge in [0, 0.05) is 25.3 Å². The number of nitrogens with zero attached hydrogens (tertiary/aromatic N) is 2. The standard InChI is InChI=1S/C19H22N3O14P3/c1-30-11-17(23)33-13-9-16(32-14(13)10-31-37-34-38(26,27)36-39(28,29)35-37)22-8-7-15(21-19(22)25)20-18(24)12-5-3-2-4-6-12/h2-8,13-14,16H,9-11H2,1H3,(H,26,27)(H,28,29)(H,20,21,24,25)/t13-,14+,16+/m0/s1. The number of esters is 1. The second-order valence-electron chi connectivity index (χ2n) is 7.85. The van der Waals surface area contributed by atoms with Crippen LogP contribution in [-0.4, -0.2) is 63.7 Å². The van der Waals surface area contributed by atoms with Crippen LogP contribution in [-0.2, 0) is 45.6 Å². The van der Waals surface area contributed by atoms with Gasteiger partial charge in [0.05, 0.1) is 6.61 Å². The zero-order chi connectivity index (χ0) is 28.2. The van der Waals surface area contributed by atoms with E-state index in [9.17, 15) is 33.3 Å². The molecule has 2 aromatic rings. The molecule has 0 saturated carbocycles. The third-order valence-corrected chi connectivity index (χ3v) is 9.76. The number of rotatable bonds is 9. The molecular formula is C19H22N3O14P3. The summed E-state index contributed by atoms with van der Waals surface area (Å²) < 4.78 is 58.4. The number of anilines is 1. The maximum Gasteiger partial charge on any atom is 0.488 e. The predicted octanol–water partition coefficient (Wildman–Crippen LogP) is 1.85. The number of carbonyl (C=O) groups excluding carboxylic acids is 2. The maximum absolute atomic E-state index is 12.7. The number of ether oxygens (including phenoxy) is 3. The molecule has 5 atom stereocenters. The molecule has 3 N–H and O–H groups in total. The Bertz CT molecular complexity index is 1330. The van der Waals surface area contributed by atoms with Crippen molar-refractivity contribution < 1.29 is 60.2 Å². The lowest BCUT2D eigenvalue weighted by molar-refractivity contribution is -0.157. The number of phosphoric acid groups is 2. The molecule has 3 heterocycles. The van der Waals surface area contributed by atoms with Gasteiger partial charge >= 0.3 is 35.9 Å². The second kappa shape index (κ2) is 12.4. The second-order valence-corrected chi connectivity index (χ2v) is 12.4. The molecule has 39 heavy (non-hydrogen) atoms. The predicted molar refractivity (Wildman–Crippen MR) is 129 cm³/mol. The smallest absolute Gasteiger partial charge is 0.458 e. The molecule has 2 aliphatic rings. The zero-order valence-electron chi connectivity index (χ0n) is 19.9. The van der Waals surface area contributed by atoms with E-state index in [0.29, 0.717) is 5.56 Å². The van der Waals surface area contributed by atoms with Crippen molar-refractivity contribution in [3.8, 4) is 0 Å². The first-order valence-electron chi connectivity index (χ1n) is 10.9. The Kier molecular flexibility index (Phi) is 9.42. The van der Waals surface area contributed by atoms with E-state index < -0.39 is 66.9 Å². The molecule has 4 rings (SSSR count). The molecule has 2 aliphatic heterocycles. The van der Waals surface area contributed by atoms with Gasteiger partial charge in [0.1, 0.15) is 30.9 Å². The Morgan fingerprint density at radius 1 is 1.18 bits per heavy atom. The van der Waals surface area contributed by atoms with Crippen LogP contribution in [0.2, 0.25) is 0 Å². The summed E-state index contributed by atoms with van der Waals surface area (Å²) in [6.45, 7) is -0.899. The summed E-state index contributed by atoms with van der Waals surface area (Å²) in [7, 11) is -11.4. The van der Waals surface area contributed by atoms with Crippen molar-refractivity contribution in [2.45, 2.75) is 24.9 Å². The third-order valence-electron chi connectivity index (χ3n) is 5.03. The van der Waals surface area contributed by atoms with Crippen molar-refractivity contribution in [1.29, 1.82) is 0 Å². The van der Waals surface area contributed by atoms with Crippen molar-refractivity contribution in [3.05, 3.63) is 58.6 Å². The maximum atomic E-state index is 12.7. The van der Waals surface area contributed by atoms with Crippen LogP contribution in [0.4, 0.5) is 5.82 Å². The minimum Gasteiger partial charge on any atom is -0.458 e. The highest BCUT2D eigenvalue weighted by molar-refractivity contribution is 7.72. The van der Waals surface area contributed by atoms with Gasteiger partial charge in [-0.05, 0) is 18.2 Å². The summed E-state index contributed by atoms with van der Waals surface area (Å²) in [5, 5.41) is 2.51. The number of nitrogens with one attached hydrogen (secondary N) is 1. The Balaban J connectivity index is 1.45. The summed E-state index contributed by atoms with van der Waals surface area (Å²) in [5.74, 6) is -1.24. The Morgan fingerprint density at radius 3 is 2.51 bits per heavy atom. The molecule has 0 spiro atoms. The minimum atomic E-state index is -4.93. The van der Waals surface area contributed by atoms with Crippen LogP contribution < -0.4 is 11.0 Å². The van der Waals surface area contributed by atoms with Crippen LogP contribution in [0.1, 0.15) is 23.0 Å². The van der Waals surface area contributed by atoms with Crippen LogP contribution >= 0.6 is 24.2 Å². The first-order valence-corrected chi connectivity index (χ1v) is 15.0. The minimum absolute atomic E-state index is 0.00969. The van der Waals surface area contributed by atoms with Gasteiger partial charge in [-0.3, -0.25) is 9.36 Å². The Morgan fingerprint density at radius 2 is 1.87 bits per heavy atom. The molecule has 0 bridgehead atoms. The molecule has 0 aliphatic carbocycles. The van der Waals surface area contributed by atoms with E-state index in [0.717, 1.165) is 4.57 Å². The summed E-state index contributed by atoms with van der Waals surface area (Å²) in [4.78, 5) is 59.8. The van der Waals surface area contributed by atoms with E-state index >= 15 is 0 Å². The fraction of sp³-hybridized carbons (Fsp3) is 0.368. The van der Waals surface area contributed by atoms with E-state index in [4.69, 9.17) is 18.7 Å². The average Bonchev–Trinajstić information content (AvgIpc) is 3.23. The topological polar surface area (TPSA) is 220 Å². The molecular weight excluding hydrogens is 587 g/mol. The molecule has 2 fully saturated rings. The van der Waals surface area contributed by atoms with E-state index in [-0.39, 0.29) is 18.8 Å². The van der Waals surface area contributed by atoms with Crippen LogP contribution in [0.15, 0.2) is 47.4 Å². The lowest BCUT2D eigenvalue weighted by atomic mass is 10.2. The highest BCUT2D eigenvalue weighted by Gasteiger charge is 2.49. The van der Waals surface area contributed by atoms with E-state index in [1.807, 2.05) is 0 Å². The number of aromatic nitrogens is 2. The molecule has 17 nitrogen and oxygen atoms in total. The lowest BCUT2D eigenvalue weighted by Gasteiger charge is -2.27. The van der Waals surface area contributed by atoms with Gasteiger partial charge in [0.15, 0.2) is 0 Å². The summed E-state index contributed by atoms with van der Waals surface area (Å²) >= 11 is 0. The van der Waals surface area contributed by atoms with E-state index in [1.54, 1.807) is 30.3 Å². The third kappa shape index (κ3) is 8.07. The van der Waals surface area contributed by atoms with Gasteiger partial charge in [0.25, 0.3) is 5.91 Å². The van der Waals surface area contributed by atoms with Crippen LogP contribution in [0.3, 0.4) is 0 Å². The monoisotopic (exact) mass is 609 g/mol. The van der Waals surface area contributed by atoms with Gasteiger partial charge in [-0.25, -0.2) is 27.3 Å². The number of carbonyl (C=O) groups is 2. The first-order chi connectivity index (χ1) is 18.4. The van der Waals surface area contributed by atoms with Crippen molar-refractivity contribution >= 4 is 41.9 Å². The van der Waals surface area contributed by atoms with Crippen molar-refractivity contribution in [1.82, 2.24) is 9.55 Å². The number of amides is 1. The van der Waals surface area contributed by atoms with E-state index in [2.05, 4.69) is 23.2 Å². The van der Waals surface area contributed by atoms with Gasteiger partial charge in [-0.2, -0.15) is 9.29 Å². The summed E-state index contributed by atoms with van der Waals surface area (Å²) in [6.07, 6.45) is -1.86. The van der Waals surface area contributed by atoms with Crippen LogP contribution in [0.25, 0.3) is 0 Å². The van der Waals surface area contributed by atoms with Crippen molar-refractivity contribution in [2.75, 3.05) is 25.6 Å². The van der Waals surface area contributed by atoms with Crippen molar-refractivity contribution in [2.24, 2.45) is 0 Å². The SMILES string of the molecule is COCC(=O)O[C@H]1C[C@H](n2ccc(NC(=O)c3ccccc3)nc2=O)O[C@@H]1COP1OP(=O)(O)OP(=O)(O)O1.